The minimum Gasteiger partial charge on any atom is -0.480 e. The van der Waals surface area contributed by atoms with Gasteiger partial charge in [-0.3, -0.25) is 4.79 Å². The second-order valence-electron chi connectivity index (χ2n) is 1.81. The first-order valence-corrected chi connectivity index (χ1v) is 2.89. The molecule has 1 amide bonds. The zero-order chi connectivity index (χ0) is 8.27. The number of aromatic nitrogens is 2. The quantitative estimate of drug-likeness (QED) is 0.626. The Morgan fingerprint density at radius 1 is 1.73 bits per heavy atom. The van der Waals surface area contributed by atoms with E-state index in [-0.39, 0.29) is 11.4 Å². The number of primary amides is 1. The molecule has 1 aromatic rings. The fourth-order valence-corrected chi connectivity index (χ4v) is 0.650. The van der Waals surface area contributed by atoms with E-state index < -0.39 is 5.91 Å². The number of carbonyl (C=O) groups excluding carboxylic acids is 1. The highest BCUT2D eigenvalue weighted by Crippen LogP contribution is 2.09. The van der Waals surface area contributed by atoms with Crippen molar-refractivity contribution < 1.29 is 9.53 Å². The number of hydrogen-bond donors (Lipinski definition) is 1. The Morgan fingerprint density at radius 2 is 2.45 bits per heavy atom. The zero-order valence-corrected chi connectivity index (χ0v) is 5.94. The summed E-state index contributed by atoms with van der Waals surface area (Å²) < 4.78 is 4.75. The number of hydrogen-bond acceptors (Lipinski definition) is 4. The molecule has 0 unspecified atom stereocenters. The highest BCUT2D eigenvalue weighted by Gasteiger charge is 2.08. The molecule has 0 bridgehead atoms. The highest BCUT2D eigenvalue weighted by atomic mass is 16.5. The Bertz CT molecular complexity index is 274. The maximum atomic E-state index is 10.6. The van der Waals surface area contributed by atoms with Crippen molar-refractivity contribution in [2.45, 2.75) is 0 Å². The first kappa shape index (κ1) is 7.46. The van der Waals surface area contributed by atoms with Crippen LogP contribution in [0.15, 0.2) is 12.5 Å². The number of ether oxygens (including phenoxy) is 1. The lowest BCUT2D eigenvalue weighted by Crippen LogP contribution is -2.13. The molecule has 0 aliphatic carbocycles. The summed E-state index contributed by atoms with van der Waals surface area (Å²) in [7, 11) is 1.41. The monoisotopic (exact) mass is 153 g/mol. The molecule has 0 saturated carbocycles. The van der Waals surface area contributed by atoms with Crippen molar-refractivity contribution in [1.29, 1.82) is 0 Å². The summed E-state index contributed by atoms with van der Waals surface area (Å²) >= 11 is 0. The molecule has 58 valence electrons. The van der Waals surface area contributed by atoms with Crippen molar-refractivity contribution in [3.63, 3.8) is 0 Å². The molecule has 5 nitrogen and oxygen atoms in total. The van der Waals surface area contributed by atoms with Crippen LogP contribution in [0.3, 0.4) is 0 Å². The van der Waals surface area contributed by atoms with Gasteiger partial charge in [0.05, 0.1) is 7.11 Å². The number of nitrogens with zero attached hydrogens (tertiary/aromatic N) is 2. The molecule has 0 aliphatic heterocycles. The Balaban J connectivity index is 3.12. The molecule has 1 aromatic heterocycles. The van der Waals surface area contributed by atoms with Crippen LogP contribution in [0, 0.1) is 0 Å². The third kappa shape index (κ3) is 1.43. The number of rotatable bonds is 2. The van der Waals surface area contributed by atoms with Crippen LogP contribution in [-0.2, 0) is 0 Å². The molecule has 0 radical (unpaired) electrons. The van der Waals surface area contributed by atoms with Gasteiger partial charge in [-0.05, 0) is 0 Å². The van der Waals surface area contributed by atoms with Crippen molar-refractivity contribution >= 4 is 5.91 Å². The lowest BCUT2D eigenvalue weighted by Gasteiger charge is -2.00. The molecule has 2 N–H and O–H groups in total. The smallest absolute Gasteiger partial charge is 0.255 e. The van der Waals surface area contributed by atoms with Gasteiger partial charge in [-0.15, -0.1) is 0 Å². The third-order valence-corrected chi connectivity index (χ3v) is 1.13. The number of nitrogens with two attached hydrogens (primary N) is 1. The lowest BCUT2D eigenvalue weighted by molar-refractivity contribution is 0.0996. The highest BCUT2D eigenvalue weighted by molar-refractivity contribution is 5.94. The second kappa shape index (κ2) is 2.96. The van der Waals surface area contributed by atoms with Crippen LogP contribution >= 0.6 is 0 Å². The second-order valence-corrected chi connectivity index (χ2v) is 1.81. The molecule has 1 heterocycles. The van der Waals surface area contributed by atoms with Gasteiger partial charge in [0.2, 0.25) is 5.88 Å². The van der Waals surface area contributed by atoms with E-state index >= 15 is 0 Å². The average molecular weight is 153 g/mol. The molecule has 0 fully saturated rings. The van der Waals surface area contributed by atoms with Gasteiger partial charge in [0.15, 0.2) is 0 Å². The predicted molar refractivity (Wildman–Crippen MR) is 37.1 cm³/mol. The fraction of sp³-hybridized carbons (Fsp3) is 0.167. The lowest BCUT2D eigenvalue weighted by atomic mass is 10.3. The number of carbonyl (C=O) groups is 1. The molecule has 1 rings (SSSR count). The molecule has 0 saturated heterocycles. The molecule has 5 heteroatoms. The summed E-state index contributed by atoms with van der Waals surface area (Å²) in [5.41, 5.74) is 5.18. The van der Waals surface area contributed by atoms with E-state index in [0.29, 0.717) is 0 Å². The minimum atomic E-state index is -0.595. The number of amides is 1. The van der Waals surface area contributed by atoms with Gasteiger partial charge in [-0.25, -0.2) is 9.97 Å². The zero-order valence-electron chi connectivity index (χ0n) is 5.94. The summed E-state index contributed by atoms with van der Waals surface area (Å²) in [4.78, 5) is 17.9. The van der Waals surface area contributed by atoms with Crippen LogP contribution in [0.1, 0.15) is 10.4 Å². The van der Waals surface area contributed by atoms with Crippen molar-refractivity contribution in [1.82, 2.24) is 9.97 Å². The molecule has 0 aliphatic rings. The SMILES string of the molecule is COc1ncncc1C(N)=O. The summed E-state index contributed by atoms with van der Waals surface area (Å²) in [6.07, 6.45) is 2.60. The minimum absolute atomic E-state index is 0.190. The van der Waals surface area contributed by atoms with Gasteiger partial charge in [0.25, 0.3) is 5.91 Å². The van der Waals surface area contributed by atoms with E-state index in [1.54, 1.807) is 0 Å². The molecule has 0 aromatic carbocycles. The van der Waals surface area contributed by atoms with E-state index in [2.05, 4.69) is 9.97 Å². The van der Waals surface area contributed by atoms with Crippen LogP contribution in [0.25, 0.3) is 0 Å². The maximum Gasteiger partial charge on any atom is 0.255 e. The molecular formula is C6H7N3O2. The predicted octanol–water partition coefficient (Wildman–Crippen LogP) is -0.416. The number of methoxy groups -OCH3 is 1. The van der Waals surface area contributed by atoms with Gasteiger partial charge in [0, 0.05) is 6.20 Å². The summed E-state index contributed by atoms with van der Waals surface area (Å²) in [5, 5.41) is 0. The van der Waals surface area contributed by atoms with Gasteiger partial charge in [0.1, 0.15) is 11.9 Å². The van der Waals surface area contributed by atoms with Crippen LogP contribution in [0.5, 0.6) is 5.88 Å². The van der Waals surface area contributed by atoms with E-state index in [4.69, 9.17) is 10.5 Å². The van der Waals surface area contributed by atoms with Crippen molar-refractivity contribution in [3.8, 4) is 5.88 Å². The summed E-state index contributed by atoms with van der Waals surface area (Å²) in [6, 6.07) is 0. The fourth-order valence-electron chi connectivity index (χ4n) is 0.650. The molecular weight excluding hydrogens is 146 g/mol. The Hall–Kier alpha value is -1.65. The largest absolute Gasteiger partial charge is 0.480 e. The first-order valence-electron chi connectivity index (χ1n) is 2.89. The summed E-state index contributed by atoms with van der Waals surface area (Å²) in [5.74, 6) is -0.394. The van der Waals surface area contributed by atoms with Crippen molar-refractivity contribution in [3.05, 3.63) is 18.1 Å². The van der Waals surface area contributed by atoms with Crippen LogP contribution in [0.2, 0.25) is 0 Å². The molecule has 0 spiro atoms. The molecule has 0 atom stereocenters. The van der Waals surface area contributed by atoms with Crippen molar-refractivity contribution in [2.24, 2.45) is 5.73 Å². The van der Waals surface area contributed by atoms with Crippen LogP contribution < -0.4 is 10.5 Å². The van der Waals surface area contributed by atoms with E-state index in [1.807, 2.05) is 0 Å². The van der Waals surface area contributed by atoms with Gasteiger partial charge in [-0.2, -0.15) is 0 Å². The Labute approximate surface area is 63.2 Å². The van der Waals surface area contributed by atoms with E-state index in [0.717, 1.165) is 0 Å². The normalized spacial score (nSPS) is 9.18. The Kier molecular flexibility index (Phi) is 2.00. The van der Waals surface area contributed by atoms with E-state index in [1.165, 1.54) is 19.6 Å². The standard InChI is InChI=1S/C6H7N3O2/c1-11-6-4(5(7)10)2-8-3-9-6/h2-3H,1H3,(H2,7,10). The summed E-state index contributed by atoms with van der Waals surface area (Å²) in [6.45, 7) is 0. The average Bonchev–Trinajstić information content (AvgIpc) is 2.04. The van der Waals surface area contributed by atoms with Crippen LogP contribution in [0.4, 0.5) is 0 Å². The van der Waals surface area contributed by atoms with Gasteiger partial charge < -0.3 is 10.5 Å². The van der Waals surface area contributed by atoms with Crippen LogP contribution in [-0.4, -0.2) is 23.0 Å². The Morgan fingerprint density at radius 3 is 2.91 bits per heavy atom. The third-order valence-electron chi connectivity index (χ3n) is 1.13. The maximum absolute atomic E-state index is 10.6. The van der Waals surface area contributed by atoms with Crippen molar-refractivity contribution in [2.75, 3.05) is 7.11 Å². The molecule has 11 heavy (non-hydrogen) atoms. The first-order chi connectivity index (χ1) is 5.25. The van der Waals surface area contributed by atoms with E-state index in [9.17, 15) is 4.79 Å². The topological polar surface area (TPSA) is 78.1 Å². The van der Waals surface area contributed by atoms with Gasteiger partial charge >= 0.3 is 0 Å². The van der Waals surface area contributed by atoms with Gasteiger partial charge in [-0.1, -0.05) is 0 Å².